The van der Waals surface area contributed by atoms with Crippen LogP contribution in [-0.2, 0) is 9.47 Å². The van der Waals surface area contributed by atoms with Gasteiger partial charge in [0.1, 0.15) is 36.9 Å². The molecular weight excluding hydrogens is 424 g/mol. The Morgan fingerprint density at radius 3 is 1.88 bits per heavy atom. The summed E-state index contributed by atoms with van der Waals surface area (Å²) in [6.45, 7) is 7.45. The Labute approximate surface area is 202 Å². The van der Waals surface area contributed by atoms with Crippen LogP contribution in [0.2, 0.25) is 0 Å². The van der Waals surface area contributed by atoms with Gasteiger partial charge >= 0.3 is 0 Å². The summed E-state index contributed by atoms with van der Waals surface area (Å²) in [4.78, 5) is 0. The van der Waals surface area contributed by atoms with Crippen LogP contribution in [0, 0.1) is 0 Å². The summed E-state index contributed by atoms with van der Waals surface area (Å²) >= 11 is 0. The normalized spacial score (nSPS) is 19.5. The minimum atomic E-state index is 0.263. The number of ether oxygens (including phenoxy) is 4. The van der Waals surface area contributed by atoms with Gasteiger partial charge in [0.2, 0.25) is 0 Å². The van der Waals surface area contributed by atoms with Gasteiger partial charge in [-0.2, -0.15) is 0 Å². The maximum Gasteiger partial charge on any atom is 0.122 e. The lowest BCUT2D eigenvalue weighted by Gasteiger charge is -2.18. The second kappa shape index (κ2) is 10.6. The number of unbranched alkanes of at least 4 members (excludes halogenated alkanes) is 1. The quantitative estimate of drug-likeness (QED) is 0.278. The minimum absolute atomic E-state index is 0.263. The van der Waals surface area contributed by atoms with Crippen molar-refractivity contribution in [3.8, 4) is 33.8 Å². The van der Waals surface area contributed by atoms with Crippen molar-refractivity contribution in [2.45, 2.75) is 51.2 Å². The molecule has 0 amide bonds. The molecule has 3 atom stereocenters. The molecule has 0 aliphatic carbocycles. The molecular formula is C30H34O4. The lowest BCUT2D eigenvalue weighted by atomic mass is 9.91. The molecule has 2 aliphatic rings. The van der Waals surface area contributed by atoms with Crippen LogP contribution in [0.5, 0.6) is 11.5 Å². The zero-order chi connectivity index (χ0) is 23.3. The van der Waals surface area contributed by atoms with Crippen molar-refractivity contribution in [3.63, 3.8) is 0 Å². The first-order chi connectivity index (χ1) is 16.7. The number of rotatable bonds is 12. The molecule has 5 rings (SSSR count). The van der Waals surface area contributed by atoms with Crippen LogP contribution in [0.3, 0.4) is 0 Å². The molecule has 2 saturated heterocycles. The molecule has 0 N–H and O–H groups in total. The van der Waals surface area contributed by atoms with E-state index in [0.717, 1.165) is 24.7 Å². The van der Waals surface area contributed by atoms with Crippen LogP contribution >= 0.6 is 0 Å². The summed E-state index contributed by atoms with van der Waals surface area (Å²) in [5.41, 5.74) is 6.12. The van der Waals surface area contributed by atoms with Gasteiger partial charge in [0.25, 0.3) is 0 Å². The SMILES string of the molecule is CCCCC(C)c1cc(-c2ccc(-c3ccc(OCC4CO4)cc3)cc2)ccc1OCC1CO1. The average Bonchev–Trinajstić information content (AvgIpc) is 3.81. The summed E-state index contributed by atoms with van der Waals surface area (Å²) in [6, 6.07) is 23.7. The molecule has 3 aromatic rings. The predicted octanol–water partition coefficient (Wildman–Crippen LogP) is 6.87. The fraction of sp³-hybridized carbons (Fsp3) is 0.400. The number of epoxide rings is 2. The van der Waals surface area contributed by atoms with Gasteiger partial charge in [0.15, 0.2) is 0 Å². The molecule has 0 bridgehead atoms. The van der Waals surface area contributed by atoms with E-state index in [9.17, 15) is 0 Å². The second-order valence-electron chi connectivity index (χ2n) is 9.43. The summed E-state index contributed by atoms with van der Waals surface area (Å²) in [5, 5.41) is 0. The van der Waals surface area contributed by atoms with Gasteiger partial charge in [-0.1, -0.05) is 69.2 Å². The maximum atomic E-state index is 6.13. The van der Waals surface area contributed by atoms with Crippen molar-refractivity contribution in [1.82, 2.24) is 0 Å². The van der Waals surface area contributed by atoms with Gasteiger partial charge in [-0.25, -0.2) is 0 Å². The molecule has 178 valence electrons. The molecule has 0 spiro atoms. The summed E-state index contributed by atoms with van der Waals surface area (Å²) in [5.74, 6) is 2.34. The Hall–Kier alpha value is -2.82. The van der Waals surface area contributed by atoms with Gasteiger partial charge in [-0.05, 0) is 64.4 Å². The van der Waals surface area contributed by atoms with E-state index >= 15 is 0 Å². The Morgan fingerprint density at radius 1 is 0.765 bits per heavy atom. The van der Waals surface area contributed by atoms with Crippen molar-refractivity contribution in [2.24, 2.45) is 0 Å². The van der Waals surface area contributed by atoms with E-state index in [1.807, 2.05) is 12.1 Å². The highest BCUT2D eigenvalue weighted by atomic mass is 16.6. The monoisotopic (exact) mass is 458 g/mol. The highest BCUT2D eigenvalue weighted by Gasteiger charge is 2.24. The molecule has 2 heterocycles. The van der Waals surface area contributed by atoms with E-state index < -0.39 is 0 Å². The largest absolute Gasteiger partial charge is 0.491 e. The molecule has 4 nitrogen and oxygen atoms in total. The summed E-state index contributed by atoms with van der Waals surface area (Å²) in [6.07, 6.45) is 4.14. The van der Waals surface area contributed by atoms with Crippen LogP contribution in [0.15, 0.2) is 66.7 Å². The Kier molecular flexibility index (Phi) is 7.17. The zero-order valence-electron chi connectivity index (χ0n) is 20.2. The third kappa shape index (κ3) is 5.99. The molecule has 3 unspecified atom stereocenters. The van der Waals surface area contributed by atoms with E-state index in [1.54, 1.807) is 0 Å². The Balaban J connectivity index is 1.31. The fourth-order valence-corrected chi connectivity index (χ4v) is 4.21. The van der Waals surface area contributed by atoms with Gasteiger partial charge < -0.3 is 18.9 Å². The third-order valence-corrected chi connectivity index (χ3v) is 6.60. The lowest BCUT2D eigenvalue weighted by molar-refractivity contribution is 0.260. The molecule has 2 aliphatic heterocycles. The molecule has 0 aromatic heterocycles. The molecule has 3 aromatic carbocycles. The molecule has 34 heavy (non-hydrogen) atoms. The minimum Gasteiger partial charge on any atom is -0.491 e. The van der Waals surface area contributed by atoms with Gasteiger partial charge in [-0.3, -0.25) is 0 Å². The molecule has 2 fully saturated rings. The van der Waals surface area contributed by atoms with Crippen LogP contribution in [-0.4, -0.2) is 38.6 Å². The van der Waals surface area contributed by atoms with Gasteiger partial charge in [-0.15, -0.1) is 0 Å². The molecule has 0 saturated carbocycles. The first kappa shape index (κ1) is 22.9. The third-order valence-electron chi connectivity index (χ3n) is 6.60. The average molecular weight is 459 g/mol. The Morgan fingerprint density at radius 2 is 1.29 bits per heavy atom. The zero-order valence-corrected chi connectivity index (χ0v) is 20.2. The lowest BCUT2D eigenvalue weighted by Crippen LogP contribution is -2.07. The van der Waals surface area contributed by atoms with Crippen LogP contribution < -0.4 is 9.47 Å². The highest BCUT2D eigenvalue weighted by molar-refractivity contribution is 5.71. The van der Waals surface area contributed by atoms with E-state index in [4.69, 9.17) is 18.9 Å². The molecule has 0 radical (unpaired) electrons. The van der Waals surface area contributed by atoms with Crippen LogP contribution in [0.25, 0.3) is 22.3 Å². The Bertz CT molecular complexity index is 1070. The van der Waals surface area contributed by atoms with Crippen LogP contribution in [0.1, 0.15) is 44.6 Å². The first-order valence-electron chi connectivity index (χ1n) is 12.5. The van der Waals surface area contributed by atoms with E-state index in [-0.39, 0.29) is 12.2 Å². The number of hydrogen-bond acceptors (Lipinski definition) is 4. The number of benzene rings is 3. The van der Waals surface area contributed by atoms with Crippen molar-refractivity contribution in [2.75, 3.05) is 26.4 Å². The standard InChI is InChI=1S/C30H34O4/c1-3-4-5-21(2)29-16-25(12-15-30(29)34-20-28-19-33-28)24-8-6-22(7-9-24)23-10-13-26(14-11-23)31-17-27-18-32-27/h6-16,21,27-28H,3-5,17-20H2,1-2H3. The molecule has 4 heteroatoms. The van der Waals surface area contributed by atoms with Gasteiger partial charge in [0.05, 0.1) is 13.2 Å². The number of hydrogen-bond donors (Lipinski definition) is 0. The predicted molar refractivity (Wildman–Crippen MR) is 136 cm³/mol. The van der Waals surface area contributed by atoms with Crippen molar-refractivity contribution >= 4 is 0 Å². The fourth-order valence-electron chi connectivity index (χ4n) is 4.21. The van der Waals surface area contributed by atoms with Gasteiger partial charge in [0, 0.05) is 0 Å². The van der Waals surface area contributed by atoms with E-state index in [0.29, 0.717) is 19.1 Å². The second-order valence-corrected chi connectivity index (χ2v) is 9.43. The van der Waals surface area contributed by atoms with E-state index in [2.05, 4.69) is 68.4 Å². The summed E-state index contributed by atoms with van der Waals surface area (Å²) < 4.78 is 22.4. The maximum absolute atomic E-state index is 6.13. The summed E-state index contributed by atoms with van der Waals surface area (Å²) in [7, 11) is 0. The van der Waals surface area contributed by atoms with Crippen molar-refractivity contribution in [3.05, 3.63) is 72.3 Å². The van der Waals surface area contributed by atoms with E-state index in [1.165, 1.54) is 47.1 Å². The topological polar surface area (TPSA) is 43.5 Å². The first-order valence-corrected chi connectivity index (χ1v) is 12.5. The van der Waals surface area contributed by atoms with Crippen molar-refractivity contribution in [1.29, 1.82) is 0 Å². The van der Waals surface area contributed by atoms with Crippen molar-refractivity contribution < 1.29 is 18.9 Å². The highest BCUT2D eigenvalue weighted by Crippen LogP contribution is 2.35. The smallest absolute Gasteiger partial charge is 0.122 e. The van der Waals surface area contributed by atoms with Crippen LogP contribution in [0.4, 0.5) is 0 Å².